The van der Waals surface area contributed by atoms with Gasteiger partial charge in [0.2, 0.25) is 0 Å². The van der Waals surface area contributed by atoms with Gasteiger partial charge in [0.15, 0.2) is 0 Å². The smallest absolute Gasteiger partial charge is 0.270 e. The molecule has 0 bridgehead atoms. The Hall–Kier alpha value is -3.86. The molecule has 4 aromatic rings. The summed E-state index contributed by atoms with van der Waals surface area (Å²) in [5.74, 6) is 2.01. The van der Waals surface area contributed by atoms with Crippen LogP contribution in [0.15, 0.2) is 78.9 Å². The minimum Gasteiger partial charge on any atom is -0.497 e. The highest BCUT2D eigenvalue weighted by atomic mass is 16.5. The zero-order valence-electron chi connectivity index (χ0n) is 22.5. The molecular weight excluding hydrogens is 458 g/mol. The van der Waals surface area contributed by atoms with Gasteiger partial charge in [-0.25, -0.2) is 4.98 Å². The van der Waals surface area contributed by atoms with Crippen molar-refractivity contribution < 1.29 is 9.53 Å². The van der Waals surface area contributed by atoms with Gasteiger partial charge in [0.25, 0.3) is 5.91 Å². The van der Waals surface area contributed by atoms with Gasteiger partial charge in [-0.2, -0.15) is 0 Å². The molecule has 1 N–H and O–H groups in total. The topological polar surface area (TPSA) is 56.2 Å². The summed E-state index contributed by atoms with van der Waals surface area (Å²) in [6.45, 7) is 9.14. The number of amides is 1. The Bertz CT molecular complexity index is 1330. The Kier molecular flexibility index (Phi) is 8.44. The maximum Gasteiger partial charge on any atom is 0.270 e. The molecule has 4 rings (SSSR count). The predicted molar refractivity (Wildman–Crippen MR) is 151 cm³/mol. The molecule has 3 aromatic carbocycles. The average Bonchev–Trinajstić information content (AvgIpc) is 3.31. The Morgan fingerprint density at radius 3 is 2.24 bits per heavy atom. The number of aromatic nitrogens is 2. The van der Waals surface area contributed by atoms with E-state index in [-0.39, 0.29) is 11.9 Å². The van der Waals surface area contributed by atoms with E-state index in [1.807, 2.05) is 78.2 Å². The van der Waals surface area contributed by atoms with Crippen molar-refractivity contribution in [3.05, 3.63) is 95.7 Å². The first-order chi connectivity index (χ1) is 17.9. The van der Waals surface area contributed by atoms with Crippen LogP contribution in [0.25, 0.3) is 22.6 Å². The maximum atomic E-state index is 14.1. The van der Waals surface area contributed by atoms with Crippen LogP contribution in [0.5, 0.6) is 5.75 Å². The van der Waals surface area contributed by atoms with Gasteiger partial charge in [-0.15, -0.1) is 0 Å². The van der Waals surface area contributed by atoms with E-state index in [1.165, 1.54) is 0 Å². The summed E-state index contributed by atoms with van der Waals surface area (Å²) >= 11 is 0. The Balaban J connectivity index is 1.83. The zero-order chi connectivity index (χ0) is 26.4. The molecular formula is C32H37N3O2. The molecule has 0 radical (unpaired) electrons. The van der Waals surface area contributed by atoms with Crippen LogP contribution >= 0.6 is 0 Å². The molecule has 37 heavy (non-hydrogen) atoms. The highest BCUT2D eigenvalue weighted by molar-refractivity contribution is 6.00. The van der Waals surface area contributed by atoms with Crippen molar-refractivity contribution >= 4 is 5.91 Å². The van der Waals surface area contributed by atoms with Crippen LogP contribution in [0, 0.1) is 12.8 Å². The van der Waals surface area contributed by atoms with Crippen molar-refractivity contribution in [3.8, 4) is 28.4 Å². The van der Waals surface area contributed by atoms with E-state index in [9.17, 15) is 4.79 Å². The molecule has 1 heterocycles. The molecule has 0 saturated carbocycles. The Labute approximate surface area is 220 Å². The van der Waals surface area contributed by atoms with Crippen molar-refractivity contribution in [1.29, 1.82) is 0 Å². The number of hydrogen-bond donors (Lipinski definition) is 1. The largest absolute Gasteiger partial charge is 0.497 e. The Morgan fingerprint density at radius 2 is 1.65 bits per heavy atom. The van der Waals surface area contributed by atoms with Gasteiger partial charge >= 0.3 is 0 Å². The second kappa shape index (κ2) is 11.9. The van der Waals surface area contributed by atoms with E-state index in [4.69, 9.17) is 9.72 Å². The van der Waals surface area contributed by atoms with E-state index in [0.717, 1.165) is 46.7 Å². The predicted octanol–water partition coefficient (Wildman–Crippen LogP) is 7.46. The molecule has 5 nitrogen and oxygen atoms in total. The van der Waals surface area contributed by atoms with Crippen molar-refractivity contribution in [1.82, 2.24) is 14.9 Å². The summed E-state index contributed by atoms with van der Waals surface area (Å²) in [4.78, 5) is 19.2. The lowest BCUT2D eigenvalue weighted by Crippen LogP contribution is -2.31. The van der Waals surface area contributed by atoms with Crippen molar-refractivity contribution in [2.45, 2.75) is 53.1 Å². The number of nitrogens with one attached hydrogen (secondary N) is 1. The first kappa shape index (κ1) is 26.2. The SMILES string of the molecule is CCn1c(-c2ccccc2)nc(-c2ccc(OC)cc2C)c1C(=O)NC(CCC(C)C)c1ccccc1. The second-order valence-electron chi connectivity index (χ2n) is 9.83. The molecule has 0 fully saturated rings. The summed E-state index contributed by atoms with van der Waals surface area (Å²) in [6, 6.07) is 26.1. The first-order valence-electron chi connectivity index (χ1n) is 13.1. The highest BCUT2D eigenvalue weighted by Gasteiger charge is 2.27. The summed E-state index contributed by atoms with van der Waals surface area (Å²) < 4.78 is 7.46. The van der Waals surface area contributed by atoms with Crippen LogP contribution in [0.4, 0.5) is 0 Å². The highest BCUT2D eigenvalue weighted by Crippen LogP contribution is 2.33. The van der Waals surface area contributed by atoms with Crippen LogP contribution in [-0.4, -0.2) is 22.6 Å². The molecule has 0 spiro atoms. The van der Waals surface area contributed by atoms with Gasteiger partial charge in [0, 0.05) is 17.7 Å². The second-order valence-corrected chi connectivity index (χ2v) is 9.83. The minimum atomic E-state index is -0.112. The molecule has 192 valence electrons. The fourth-order valence-electron chi connectivity index (χ4n) is 4.75. The monoisotopic (exact) mass is 495 g/mol. The van der Waals surface area contributed by atoms with Crippen LogP contribution in [0.3, 0.4) is 0 Å². The number of methoxy groups -OCH3 is 1. The van der Waals surface area contributed by atoms with E-state index >= 15 is 0 Å². The third kappa shape index (κ3) is 5.93. The van der Waals surface area contributed by atoms with Crippen LogP contribution in [0.1, 0.15) is 61.3 Å². The van der Waals surface area contributed by atoms with E-state index in [1.54, 1.807) is 7.11 Å². The number of nitrogens with zero attached hydrogens (tertiary/aromatic N) is 2. The molecule has 0 aliphatic heterocycles. The average molecular weight is 496 g/mol. The van der Waals surface area contributed by atoms with Crippen LogP contribution < -0.4 is 10.1 Å². The van der Waals surface area contributed by atoms with Gasteiger partial charge in [-0.1, -0.05) is 74.5 Å². The fourth-order valence-corrected chi connectivity index (χ4v) is 4.75. The van der Waals surface area contributed by atoms with Crippen molar-refractivity contribution in [2.24, 2.45) is 5.92 Å². The third-order valence-corrected chi connectivity index (χ3v) is 6.76. The fraction of sp³-hybridized carbons (Fsp3) is 0.312. The molecule has 0 aliphatic carbocycles. The van der Waals surface area contributed by atoms with Crippen molar-refractivity contribution in [2.75, 3.05) is 7.11 Å². The van der Waals surface area contributed by atoms with Gasteiger partial charge < -0.3 is 14.6 Å². The van der Waals surface area contributed by atoms with Gasteiger partial charge in [-0.3, -0.25) is 4.79 Å². The minimum absolute atomic E-state index is 0.0821. The standard InChI is InChI=1S/C32H37N3O2/c1-6-35-30(32(36)33-28(20-17-22(2)3)24-13-9-7-10-14-24)29(27-19-18-26(37-5)21-23(27)4)34-31(35)25-15-11-8-12-16-25/h7-16,18-19,21-22,28H,6,17,20H2,1-5H3,(H,33,36). The number of hydrogen-bond acceptors (Lipinski definition) is 3. The lowest BCUT2D eigenvalue weighted by Gasteiger charge is -2.21. The quantitative estimate of drug-likeness (QED) is 0.248. The molecule has 5 heteroatoms. The number of carbonyl (C=O) groups is 1. The third-order valence-electron chi connectivity index (χ3n) is 6.76. The molecule has 1 unspecified atom stereocenters. The lowest BCUT2D eigenvalue weighted by atomic mass is 9.97. The summed E-state index contributed by atoms with van der Waals surface area (Å²) in [5.41, 5.74) is 5.30. The summed E-state index contributed by atoms with van der Waals surface area (Å²) in [6.07, 6.45) is 1.89. The first-order valence-corrected chi connectivity index (χ1v) is 13.1. The van der Waals surface area contributed by atoms with Gasteiger partial charge in [0.1, 0.15) is 23.0 Å². The van der Waals surface area contributed by atoms with E-state index in [2.05, 4.69) is 38.2 Å². The van der Waals surface area contributed by atoms with E-state index < -0.39 is 0 Å². The number of aryl methyl sites for hydroxylation is 1. The van der Waals surface area contributed by atoms with Crippen LogP contribution in [-0.2, 0) is 6.54 Å². The molecule has 0 aliphatic rings. The van der Waals surface area contributed by atoms with Crippen LogP contribution in [0.2, 0.25) is 0 Å². The normalized spacial score (nSPS) is 11.9. The van der Waals surface area contributed by atoms with Gasteiger partial charge in [0.05, 0.1) is 13.2 Å². The number of ether oxygens (including phenoxy) is 1. The molecule has 1 aromatic heterocycles. The number of carbonyl (C=O) groups excluding carboxylic acids is 1. The molecule has 1 amide bonds. The number of imidazole rings is 1. The zero-order valence-corrected chi connectivity index (χ0v) is 22.5. The Morgan fingerprint density at radius 1 is 0.973 bits per heavy atom. The number of rotatable bonds is 10. The maximum absolute atomic E-state index is 14.1. The summed E-state index contributed by atoms with van der Waals surface area (Å²) in [7, 11) is 1.66. The number of benzene rings is 3. The molecule has 0 saturated heterocycles. The van der Waals surface area contributed by atoms with Gasteiger partial charge in [-0.05, 0) is 61.9 Å². The lowest BCUT2D eigenvalue weighted by molar-refractivity contribution is 0.0924. The summed E-state index contributed by atoms with van der Waals surface area (Å²) in [5, 5.41) is 3.37. The van der Waals surface area contributed by atoms with E-state index in [0.29, 0.717) is 23.9 Å². The molecule has 1 atom stereocenters. The van der Waals surface area contributed by atoms with Crippen molar-refractivity contribution in [3.63, 3.8) is 0 Å².